The topological polar surface area (TPSA) is 105 Å². The summed E-state index contributed by atoms with van der Waals surface area (Å²) in [6, 6.07) is 15.1. The van der Waals surface area contributed by atoms with E-state index >= 15 is 0 Å². The molecule has 34 heavy (non-hydrogen) atoms. The van der Waals surface area contributed by atoms with E-state index in [4.69, 9.17) is 4.42 Å². The van der Waals surface area contributed by atoms with Crippen molar-refractivity contribution in [2.24, 2.45) is 5.92 Å². The van der Waals surface area contributed by atoms with Gasteiger partial charge in [0, 0.05) is 19.0 Å². The lowest BCUT2D eigenvalue weighted by Crippen LogP contribution is -2.41. The number of nitrogens with zero attached hydrogens (tertiary/aromatic N) is 3. The Bertz CT molecular complexity index is 1230. The average Bonchev–Trinajstić information content (AvgIpc) is 3.26. The number of benzene rings is 2. The van der Waals surface area contributed by atoms with Crippen molar-refractivity contribution >= 4 is 21.9 Å². The number of hydrogen-bond acceptors (Lipinski definition) is 6. The van der Waals surface area contributed by atoms with Crippen molar-refractivity contribution in [2.75, 3.05) is 18.4 Å². The molecule has 4 rings (SSSR count). The molecule has 1 aliphatic heterocycles. The molecule has 1 N–H and O–H groups in total. The van der Waals surface area contributed by atoms with Gasteiger partial charge in [0.25, 0.3) is 0 Å². The second-order valence-electron chi connectivity index (χ2n) is 9.05. The molecule has 1 saturated heterocycles. The van der Waals surface area contributed by atoms with E-state index in [-0.39, 0.29) is 35.8 Å². The number of nitrogens with one attached hydrogen (secondary N) is 1. The van der Waals surface area contributed by atoms with Crippen LogP contribution in [-0.4, -0.2) is 41.9 Å². The minimum atomic E-state index is -3.56. The van der Waals surface area contributed by atoms with Gasteiger partial charge in [-0.2, -0.15) is 4.31 Å². The smallest absolute Gasteiger partial charge is 0.322 e. The van der Waals surface area contributed by atoms with Crippen molar-refractivity contribution in [1.82, 2.24) is 14.5 Å². The predicted octanol–water partition coefficient (Wildman–Crippen LogP) is 4.13. The van der Waals surface area contributed by atoms with E-state index in [1.54, 1.807) is 24.3 Å². The van der Waals surface area contributed by atoms with Crippen LogP contribution in [0.25, 0.3) is 0 Å². The molecule has 0 atom stereocenters. The van der Waals surface area contributed by atoms with Crippen molar-refractivity contribution in [3.63, 3.8) is 0 Å². The van der Waals surface area contributed by atoms with E-state index in [1.165, 1.54) is 9.87 Å². The minimum absolute atomic E-state index is 0.0634. The first-order valence-electron chi connectivity index (χ1n) is 11.5. The highest BCUT2D eigenvalue weighted by Gasteiger charge is 2.32. The van der Waals surface area contributed by atoms with Crippen LogP contribution in [0.1, 0.15) is 55.2 Å². The van der Waals surface area contributed by atoms with Gasteiger partial charge in [-0.1, -0.05) is 60.9 Å². The maximum atomic E-state index is 12.9. The second kappa shape index (κ2) is 10.1. The molecule has 1 fully saturated rings. The number of anilines is 1. The lowest BCUT2D eigenvalue weighted by molar-refractivity contribution is -0.121. The van der Waals surface area contributed by atoms with Crippen molar-refractivity contribution in [3.8, 4) is 0 Å². The molecule has 1 amide bonds. The first-order chi connectivity index (χ1) is 16.2. The van der Waals surface area contributed by atoms with E-state index in [0.717, 1.165) is 11.1 Å². The van der Waals surface area contributed by atoms with Crippen LogP contribution < -0.4 is 5.32 Å². The van der Waals surface area contributed by atoms with Gasteiger partial charge in [0.15, 0.2) is 0 Å². The summed E-state index contributed by atoms with van der Waals surface area (Å²) in [6.07, 6.45) is 1.34. The molecule has 0 saturated carbocycles. The summed E-state index contributed by atoms with van der Waals surface area (Å²) < 4.78 is 32.8. The number of sulfonamides is 1. The molecule has 0 bridgehead atoms. The van der Waals surface area contributed by atoms with Crippen molar-refractivity contribution in [3.05, 3.63) is 71.1 Å². The summed E-state index contributed by atoms with van der Waals surface area (Å²) in [5.74, 6) is 0.340. The second-order valence-corrected chi connectivity index (χ2v) is 11.0. The van der Waals surface area contributed by atoms with Gasteiger partial charge >= 0.3 is 6.01 Å². The Morgan fingerprint density at radius 1 is 1.06 bits per heavy atom. The van der Waals surface area contributed by atoms with Crippen LogP contribution in [0.15, 0.2) is 57.8 Å². The molecule has 0 aliphatic carbocycles. The Balaban J connectivity index is 1.30. The summed E-state index contributed by atoms with van der Waals surface area (Å²) in [5.41, 5.74) is 3.32. The zero-order valence-electron chi connectivity index (χ0n) is 19.7. The van der Waals surface area contributed by atoms with Crippen LogP contribution in [0.2, 0.25) is 0 Å². The molecule has 1 aromatic heterocycles. The molecule has 2 aromatic carbocycles. The van der Waals surface area contributed by atoms with Gasteiger partial charge < -0.3 is 4.42 Å². The lowest BCUT2D eigenvalue weighted by atomic mass is 9.97. The van der Waals surface area contributed by atoms with E-state index in [9.17, 15) is 13.2 Å². The number of hydrogen-bond donors (Lipinski definition) is 1. The van der Waals surface area contributed by atoms with Crippen LogP contribution in [0.3, 0.4) is 0 Å². The molecule has 0 spiro atoms. The molecule has 3 aromatic rings. The van der Waals surface area contributed by atoms with Crippen LogP contribution in [0.4, 0.5) is 6.01 Å². The zero-order valence-corrected chi connectivity index (χ0v) is 20.5. The minimum Gasteiger partial charge on any atom is -0.407 e. The van der Waals surface area contributed by atoms with Crippen LogP contribution in [0, 0.1) is 12.8 Å². The van der Waals surface area contributed by atoms with Gasteiger partial charge in [-0.15, -0.1) is 5.10 Å². The monoisotopic (exact) mass is 482 g/mol. The molecular weight excluding hydrogens is 452 g/mol. The third-order valence-electron chi connectivity index (χ3n) is 6.18. The van der Waals surface area contributed by atoms with Gasteiger partial charge in [-0.3, -0.25) is 10.1 Å². The fraction of sp³-hybridized carbons (Fsp3) is 0.400. The molecule has 8 nitrogen and oxygen atoms in total. The average molecular weight is 483 g/mol. The molecule has 0 radical (unpaired) electrons. The highest BCUT2D eigenvalue weighted by molar-refractivity contribution is 7.89. The fourth-order valence-electron chi connectivity index (χ4n) is 4.00. The number of carbonyl (C=O) groups excluding carboxylic acids is 1. The number of aryl methyl sites for hydroxylation is 1. The SMILES string of the molecule is Cc1ccc(S(=O)(=O)N2CCC(C(=O)Nc3nnc(Cc4ccc(C(C)C)cc4)o3)CC2)cc1. The summed E-state index contributed by atoms with van der Waals surface area (Å²) >= 11 is 0. The predicted molar refractivity (Wildman–Crippen MR) is 129 cm³/mol. The molecule has 2 heterocycles. The number of amides is 1. The molecular formula is C25H30N4O4S. The van der Waals surface area contributed by atoms with Crippen molar-refractivity contribution in [1.29, 1.82) is 0 Å². The van der Waals surface area contributed by atoms with Gasteiger partial charge in [0.1, 0.15) is 0 Å². The largest absolute Gasteiger partial charge is 0.407 e. The number of carbonyl (C=O) groups is 1. The highest BCUT2D eigenvalue weighted by Crippen LogP contribution is 2.25. The Morgan fingerprint density at radius 3 is 2.32 bits per heavy atom. The summed E-state index contributed by atoms with van der Waals surface area (Å²) in [4.78, 5) is 13.0. The normalized spacial score (nSPS) is 15.5. The van der Waals surface area contributed by atoms with Crippen molar-refractivity contribution in [2.45, 2.75) is 50.8 Å². The third-order valence-corrected chi connectivity index (χ3v) is 8.10. The standard InChI is InChI=1S/C25H30N4O4S/c1-17(2)20-8-6-19(7-9-20)16-23-27-28-25(33-23)26-24(30)21-12-14-29(15-13-21)34(31,32)22-10-4-18(3)5-11-22/h4-11,17,21H,12-16H2,1-3H3,(H,26,28,30). The zero-order chi connectivity index (χ0) is 24.3. The Morgan fingerprint density at radius 2 is 1.71 bits per heavy atom. The Kier molecular flexibility index (Phi) is 7.13. The summed E-state index contributed by atoms with van der Waals surface area (Å²) in [7, 11) is -3.56. The van der Waals surface area contributed by atoms with Crippen molar-refractivity contribution < 1.29 is 17.6 Å². The Labute approximate surface area is 200 Å². The maximum Gasteiger partial charge on any atom is 0.322 e. The number of piperidine rings is 1. The number of rotatable bonds is 7. The molecule has 1 aliphatic rings. The fourth-order valence-corrected chi connectivity index (χ4v) is 5.47. The van der Waals surface area contributed by atoms with Crippen LogP contribution >= 0.6 is 0 Å². The first-order valence-corrected chi connectivity index (χ1v) is 13.0. The third kappa shape index (κ3) is 5.53. The van der Waals surface area contributed by atoms with Gasteiger partial charge in [0.2, 0.25) is 21.8 Å². The summed E-state index contributed by atoms with van der Waals surface area (Å²) in [5, 5.41) is 10.7. The van der Waals surface area contributed by atoms with E-state index in [1.807, 2.05) is 19.1 Å². The van der Waals surface area contributed by atoms with E-state index < -0.39 is 10.0 Å². The Hall–Kier alpha value is -3.04. The van der Waals surface area contributed by atoms with E-state index in [2.05, 4.69) is 41.5 Å². The summed E-state index contributed by atoms with van der Waals surface area (Å²) in [6.45, 7) is 6.78. The van der Waals surface area contributed by atoms with Crippen LogP contribution in [0.5, 0.6) is 0 Å². The van der Waals surface area contributed by atoms with Gasteiger partial charge in [0.05, 0.1) is 11.3 Å². The van der Waals surface area contributed by atoms with Gasteiger partial charge in [-0.05, 0) is 48.9 Å². The quantitative estimate of drug-likeness (QED) is 0.543. The first kappa shape index (κ1) is 24.1. The molecule has 0 unspecified atom stereocenters. The molecule has 9 heteroatoms. The van der Waals surface area contributed by atoms with Crippen LogP contribution in [-0.2, 0) is 21.2 Å². The molecule has 180 valence electrons. The lowest BCUT2D eigenvalue weighted by Gasteiger charge is -2.30. The number of aromatic nitrogens is 2. The van der Waals surface area contributed by atoms with Gasteiger partial charge in [-0.25, -0.2) is 8.42 Å². The maximum absolute atomic E-state index is 12.9. The van der Waals surface area contributed by atoms with E-state index in [0.29, 0.717) is 31.1 Å². The highest BCUT2D eigenvalue weighted by atomic mass is 32.2.